The average molecular weight is 453 g/mol. The largest absolute Gasteiger partial charge is 0.494 e. The number of carbonyl (C=O) groups is 1. The van der Waals surface area contributed by atoms with Crippen molar-refractivity contribution in [3.8, 4) is 5.75 Å². The lowest BCUT2D eigenvalue weighted by atomic mass is 10.1. The molecule has 1 aliphatic rings. The van der Waals surface area contributed by atoms with Crippen molar-refractivity contribution in [3.63, 3.8) is 0 Å². The van der Waals surface area contributed by atoms with E-state index in [-0.39, 0.29) is 12.0 Å². The van der Waals surface area contributed by atoms with E-state index >= 15 is 0 Å². The molecule has 1 aromatic heterocycles. The first kappa shape index (κ1) is 22.7. The van der Waals surface area contributed by atoms with Gasteiger partial charge in [0.1, 0.15) is 5.75 Å². The molecule has 1 saturated heterocycles. The number of hydrogen-bond acceptors (Lipinski definition) is 5. The number of hydrogen-bond donors (Lipinski definition) is 0. The maximum absolute atomic E-state index is 13.7. The Morgan fingerprint density at radius 3 is 2.91 bits per heavy atom. The molecule has 0 aliphatic carbocycles. The first-order valence-electron chi connectivity index (χ1n) is 11.6. The molecule has 1 atom stereocenters. The fourth-order valence-corrected chi connectivity index (χ4v) is 5.28. The van der Waals surface area contributed by atoms with Crippen LogP contribution in [0.3, 0.4) is 0 Å². The second kappa shape index (κ2) is 10.5. The summed E-state index contributed by atoms with van der Waals surface area (Å²) in [7, 11) is 0. The van der Waals surface area contributed by atoms with Gasteiger partial charge in [-0.3, -0.25) is 9.69 Å². The standard InChI is InChI=1S/C26H32N2O3S/c1-4-5-6-12-30-21-10-7-9-20(16-21)25(29)28(17-22-11-8-13-31-22)26-27-24-19(3)14-18(2)15-23(24)32-26/h7,9-10,14-16,22H,4-6,8,11-13,17H2,1-3H3. The van der Waals surface area contributed by atoms with Crippen molar-refractivity contribution in [2.45, 2.75) is 59.0 Å². The second-order valence-electron chi connectivity index (χ2n) is 8.56. The molecule has 6 heteroatoms. The quantitative estimate of drug-likeness (QED) is 0.357. The summed E-state index contributed by atoms with van der Waals surface area (Å²) < 4.78 is 12.9. The van der Waals surface area contributed by atoms with Crippen molar-refractivity contribution in [3.05, 3.63) is 53.1 Å². The molecule has 0 bridgehead atoms. The lowest BCUT2D eigenvalue weighted by molar-refractivity contribution is 0.0917. The average Bonchev–Trinajstić information content (AvgIpc) is 3.45. The van der Waals surface area contributed by atoms with Crippen LogP contribution < -0.4 is 9.64 Å². The molecule has 1 unspecified atom stereocenters. The third kappa shape index (κ3) is 5.30. The van der Waals surface area contributed by atoms with E-state index in [0.29, 0.717) is 18.7 Å². The Morgan fingerprint density at radius 1 is 1.25 bits per heavy atom. The molecular formula is C26H32N2O3S. The van der Waals surface area contributed by atoms with E-state index in [1.165, 1.54) is 5.56 Å². The van der Waals surface area contributed by atoms with Crippen LogP contribution in [0.2, 0.25) is 0 Å². The summed E-state index contributed by atoms with van der Waals surface area (Å²) in [6, 6.07) is 11.8. The summed E-state index contributed by atoms with van der Waals surface area (Å²) in [6.45, 7) is 8.27. The predicted octanol–water partition coefficient (Wildman–Crippen LogP) is 6.31. The summed E-state index contributed by atoms with van der Waals surface area (Å²) in [5.74, 6) is 0.674. The normalized spacial score (nSPS) is 15.9. The highest BCUT2D eigenvalue weighted by Crippen LogP contribution is 2.33. The molecule has 2 heterocycles. The molecule has 1 amide bonds. The third-order valence-electron chi connectivity index (χ3n) is 5.80. The van der Waals surface area contributed by atoms with E-state index in [0.717, 1.165) is 65.4 Å². The number of ether oxygens (including phenoxy) is 2. The molecule has 4 rings (SSSR count). The SMILES string of the molecule is CCCCCOc1cccc(C(=O)N(CC2CCCO2)c2nc3c(C)cc(C)cc3s2)c1. The number of carbonyl (C=O) groups excluding carboxylic acids is 1. The monoisotopic (exact) mass is 452 g/mol. The zero-order chi connectivity index (χ0) is 22.5. The van der Waals surface area contributed by atoms with Gasteiger partial charge in [-0.15, -0.1) is 0 Å². The number of unbranched alkanes of at least 4 members (excludes halogenated alkanes) is 2. The fraction of sp³-hybridized carbons (Fsp3) is 0.462. The van der Waals surface area contributed by atoms with Gasteiger partial charge in [-0.2, -0.15) is 0 Å². The Bertz CT molecular complexity index is 1070. The number of aryl methyl sites for hydroxylation is 2. The van der Waals surface area contributed by atoms with Gasteiger partial charge < -0.3 is 9.47 Å². The molecular weight excluding hydrogens is 420 g/mol. The number of amides is 1. The van der Waals surface area contributed by atoms with Crippen LogP contribution in [-0.4, -0.2) is 36.8 Å². The predicted molar refractivity (Wildman–Crippen MR) is 131 cm³/mol. The summed E-state index contributed by atoms with van der Waals surface area (Å²) in [4.78, 5) is 20.3. The maximum Gasteiger partial charge on any atom is 0.260 e. The lowest BCUT2D eigenvalue weighted by Gasteiger charge is -2.23. The van der Waals surface area contributed by atoms with Gasteiger partial charge in [0.15, 0.2) is 5.13 Å². The Balaban J connectivity index is 1.62. The minimum Gasteiger partial charge on any atom is -0.494 e. The first-order valence-corrected chi connectivity index (χ1v) is 12.4. The van der Waals surface area contributed by atoms with Gasteiger partial charge in [-0.05, 0) is 68.5 Å². The summed E-state index contributed by atoms with van der Waals surface area (Å²) in [5, 5.41) is 0.725. The summed E-state index contributed by atoms with van der Waals surface area (Å²) >= 11 is 1.57. The Kier molecular flexibility index (Phi) is 7.43. The van der Waals surface area contributed by atoms with Crippen LogP contribution in [0.25, 0.3) is 10.2 Å². The molecule has 2 aromatic carbocycles. The molecule has 1 fully saturated rings. The highest BCUT2D eigenvalue weighted by Gasteiger charge is 2.27. The van der Waals surface area contributed by atoms with Gasteiger partial charge >= 0.3 is 0 Å². The molecule has 170 valence electrons. The van der Waals surface area contributed by atoms with Gasteiger partial charge in [-0.1, -0.05) is 43.2 Å². The van der Waals surface area contributed by atoms with E-state index in [2.05, 4.69) is 32.9 Å². The highest BCUT2D eigenvalue weighted by atomic mass is 32.1. The lowest BCUT2D eigenvalue weighted by Crippen LogP contribution is -2.37. The number of rotatable bonds is 9. The Morgan fingerprint density at radius 2 is 2.12 bits per heavy atom. The van der Waals surface area contributed by atoms with Gasteiger partial charge in [-0.25, -0.2) is 4.98 Å². The van der Waals surface area contributed by atoms with Crippen LogP contribution in [0.4, 0.5) is 5.13 Å². The minimum absolute atomic E-state index is 0.0438. The molecule has 0 radical (unpaired) electrons. The Hall–Kier alpha value is -2.44. The zero-order valence-electron chi connectivity index (χ0n) is 19.2. The molecule has 0 spiro atoms. The third-order valence-corrected chi connectivity index (χ3v) is 6.83. The van der Waals surface area contributed by atoms with Crippen LogP contribution in [-0.2, 0) is 4.74 Å². The molecule has 0 N–H and O–H groups in total. The van der Waals surface area contributed by atoms with Crippen molar-refractivity contribution in [1.82, 2.24) is 4.98 Å². The molecule has 0 saturated carbocycles. The van der Waals surface area contributed by atoms with Crippen molar-refractivity contribution < 1.29 is 14.3 Å². The van der Waals surface area contributed by atoms with Gasteiger partial charge in [0.2, 0.25) is 0 Å². The number of benzene rings is 2. The maximum atomic E-state index is 13.7. The summed E-state index contributed by atoms with van der Waals surface area (Å²) in [5.41, 5.74) is 3.92. The number of fused-ring (bicyclic) bond motifs is 1. The van der Waals surface area contributed by atoms with Crippen molar-refractivity contribution >= 4 is 32.6 Å². The number of aromatic nitrogens is 1. The van der Waals surface area contributed by atoms with Crippen LogP contribution in [0.5, 0.6) is 5.75 Å². The molecule has 32 heavy (non-hydrogen) atoms. The van der Waals surface area contributed by atoms with Crippen LogP contribution in [0, 0.1) is 13.8 Å². The smallest absolute Gasteiger partial charge is 0.260 e. The van der Waals surface area contributed by atoms with Gasteiger partial charge in [0.25, 0.3) is 5.91 Å². The van der Waals surface area contributed by atoms with E-state index in [9.17, 15) is 4.79 Å². The van der Waals surface area contributed by atoms with Crippen LogP contribution >= 0.6 is 11.3 Å². The number of thiazole rings is 1. The fourth-order valence-electron chi connectivity index (χ4n) is 4.13. The van der Waals surface area contributed by atoms with E-state index in [4.69, 9.17) is 14.5 Å². The topological polar surface area (TPSA) is 51.7 Å². The highest BCUT2D eigenvalue weighted by molar-refractivity contribution is 7.22. The van der Waals surface area contributed by atoms with E-state index in [1.807, 2.05) is 24.3 Å². The number of anilines is 1. The second-order valence-corrected chi connectivity index (χ2v) is 9.57. The van der Waals surface area contributed by atoms with Crippen LogP contribution in [0.15, 0.2) is 36.4 Å². The van der Waals surface area contributed by atoms with Gasteiger partial charge in [0, 0.05) is 12.2 Å². The molecule has 3 aromatic rings. The van der Waals surface area contributed by atoms with Crippen LogP contribution in [0.1, 0.15) is 60.5 Å². The summed E-state index contributed by atoms with van der Waals surface area (Å²) in [6.07, 6.45) is 5.36. The zero-order valence-corrected chi connectivity index (χ0v) is 20.0. The Labute approximate surface area is 194 Å². The van der Waals surface area contributed by atoms with Gasteiger partial charge in [0.05, 0.1) is 29.5 Å². The molecule has 5 nitrogen and oxygen atoms in total. The van der Waals surface area contributed by atoms with E-state index < -0.39 is 0 Å². The van der Waals surface area contributed by atoms with E-state index in [1.54, 1.807) is 16.2 Å². The van der Waals surface area contributed by atoms with Crippen molar-refractivity contribution in [1.29, 1.82) is 0 Å². The molecule has 1 aliphatic heterocycles. The van der Waals surface area contributed by atoms with Crippen molar-refractivity contribution in [2.24, 2.45) is 0 Å². The minimum atomic E-state index is -0.0621. The van der Waals surface area contributed by atoms with Crippen molar-refractivity contribution in [2.75, 3.05) is 24.7 Å². The number of nitrogens with zero attached hydrogens (tertiary/aromatic N) is 2. The first-order chi connectivity index (χ1) is 15.5.